The number of rotatable bonds is 5. The molecular weight excluding hydrogens is 160 g/mol. The molecule has 2 heteroatoms. The lowest BCUT2D eigenvalue weighted by atomic mass is 10.3. The van der Waals surface area contributed by atoms with Crippen LogP contribution in [0.5, 0.6) is 0 Å². The maximum Gasteiger partial charge on any atom is 0.0112 e. The third-order valence-corrected chi connectivity index (χ3v) is 1.97. The molecule has 0 aliphatic rings. The minimum absolute atomic E-state index is 0.681. The second kappa shape index (κ2) is 10.0. The van der Waals surface area contributed by atoms with Gasteiger partial charge in [0, 0.05) is 19.1 Å². The highest BCUT2D eigenvalue weighted by molar-refractivity contribution is 4.61. The quantitative estimate of drug-likeness (QED) is 0.653. The number of nitrogens with zero attached hydrogens (tertiary/aromatic N) is 2. The van der Waals surface area contributed by atoms with Crippen LogP contribution < -0.4 is 0 Å². The van der Waals surface area contributed by atoms with Gasteiger partial charge in [-0.15, -0.1) is 0 Å². The Balaban J connectivity index is 0. The van der Waals surface area contributed by atoms with Crippen molar-refractivity contribution < 1.29 is 0 Å². The van der Waals surface area contributed by atoms with Crippen molar-refractivity contribution in [3.8, 4) is 0 Å². The Labute approximate surface area is 84.9 Å². The Morgan fingerprint density at radius 2 is 1.46 bits per heavy atom. The van der Waals surface area contributed by atoms with Crippen LogP contribution in [0.25, 0.3) is 0 Å². The van der Waals surface area contributed by atoms with Gasteiger partial charge in [-0.05, 0) is 34.5 Å². The summed E-state index contributed by atoms with van der Waals surface area (Å²) in [4.78, 5) is 4.70. The predicted octanol–water partition coefficient (Wildman–Crippen LogP) is 2.30. The lowest BCUT2D eigenvalue weighted by Crippen LogP contribution is -2.36. The molecule has 0 aromatic heterocycles. The smallest absolute Gasteiger partial charge is 0.0112 e. The topological polar surface area (TPSA) is 6.48 Å². The minimum atomic E-state index is 0.681. The van der Waals surface area contributed by atoms with Crippen LogP contribution >= 0.6 is 0 Å². The molecule has 0 atom stereocenters. The standard InChI is InChI=1S/C9H22N2.C2H6/c1-6-11(9(2)3)8-7-10(4)5;1-2/h9H,6-8H2,1-5H3;1-2H3. The third kappa shape index (κ3) is 9.84. The van der Waals surface area contributed by atoms with Gasteiger partial charge in [-0.2, -0.15) is 0 Å². The Hall–Kier alpha value is -0.0800. The van der Waals surface area contributed by atoms with Gasteiger partial charge in [0.1, 0.15) is 0 Å². The first-order valence-corrected chi connectivity index (χ1v) is 5.46. The van der Waals surface area contributed by atoms with E-state index < -0.39 is 0 Å². The number of likely N-dealkylation sites (N-methyl/N-ethyl adjacent to an activating group) is 2. The molecule has 0 saturated heterocycles. The molecule has 0 aliphatic heterocycles. The van der Waals surface area contributed by atoms with Crippen molar-refractivity contribution in [2.45, 2.75) is 40.7 Å². The van der Waals surface area contributed by atoms with Gasteiger partial charge in [-0.3, -0.25) is 4.90 Å². The largest absolute Gasteiger partial charge is 0.308 e. The van der Waals surface area contributed by atoms with E-state index in [0.29, 0.717) is 6.04 Å². The fraction of sp³-hybridized carbons (Fsp3) is 1.00. The summed E-state index contributed by atoms with van der Waals surface area (Å²) in [6.07, 6.45) is 0. The van der Waals surface area contributed by atoms with Crippen LogP contribution in [0.2, 0.25) is 0 Å². The van der Waals surface area contributed by atoms with Crippen molar-refractivity contribution in [3.63, 3.8) is 0 Å². The third-order valence-electron chi connectivity index (χ3n) is 1.97. The van der Waals surface area contributed by atoms with Crippen molar-refractivity contribution >= 4 is 0 Å². The first kappa shape index (κ1) is 15.4. The molecular formula is C11H28N2. The minimum Gasteiger partial charge on any atom is -0.308 e. The van der Waals surface area contributed by atoms with Gasteiger partial charge < -0.3 is 4.90 Å². The molecule has 0 amide bonds. The van der Waals surface area contributed by atoms with Gasteiger partial charge in [-0.25, -0.2) is 0 Å². The van der Waals surface area contributed by atoms with Crippen molar-refractivity contribution in [3.05, 3.63) is 0 Å². The zero-order chi connectivity index (χ0) is 10.9. The van der Waals surface area contributed by atoms with Crippen LogP contribution in [-0.4, -0.2) is 49.6 Å². The van der Waals surface area contributed by atoms with Gasteiger partial charge >= 0.3 is 0 Å². The summed E-state index contributed by atoms with van der Waals surface area (Å²) in [5.74, 6) is 0. The summed E-state index contributed by atoms with van der Waals surface area (Å²) in [5.41, 5.74) is 0. The van der Waals surface area contributed by atoms with E-state index in [9.17, 15) is 0 Å². The molecule has 0 spiro atoms. The maximum atomic E-state index is 2.47. The van der Waals surface area contributed by atoms with Gasteiger partial charge in [0.25, 0.3) is 0 Å². The summed E-state index contributed by atoms with van der Waals surface area (Å²) in [6.45, 7) is 14.2. The summed E-state index contributed by atoms with van der Waals surface area (Å²) >= 11 is 0. The van der Waals surface area contributed by atoms with Crippen molar-refractivity contribution in [1.29, 1.82) is 0 Å². The SMILES string of the molecule is CC.CCN(CCN(C)C)C(C)C. The number of hydrogen-bond acceptors (Lipinski definition) is 2. The second-order valence-electron chi connectivity index (χ2n) is 3.53. The van der Waals surface area contributed by atoms with Gasteiger partial charge in [0.15, 0.2) is 0 Å². The molecule has 2 nitrogen and oxygen atoms in total. The molecule has 0 aromatic rings. The van der Waals surface area contributed by atoms with Crippen molar-refractivity contribution in [1.82, 2.24) is 9.80 Å². The maximum absolute atomic E-state index is 2.47. The summed E-state index contributed by atoms with van der Waals surface area (Å²) in [5, 5.41) is 0. The Kier molecular flexibility index (Phi) is 11.8. The monoisotopic (exact) mass is 188 g/mol. The van der Waals surface area contributed by atoms with E-state index in [1.165, 1.54) is 6.54 Å². The van der Waals surface area contributed by atoms with Crippen molar-refractivity contribution in [2.24, 2.45) is 0 Å². The molecule has 0 unspecified atom stereocenters. The molecule has 0 saturated carbocycles. The average Bonchev–Trinajstić information content (AvgIpc) is 2.08. The van der Waals surface area contributed by atoms with E-state index in [4.69, 9.17) is 0 Å². The highest BCUT2D eigenvalue weighted by Crippen LogP contribution is 1.96. The zero-order valence-electron chi connectivity index (χ0n) is 10.6. The van der Waals surface area contributed by atoms with E-state index in [2.05, 4.69) is 44.7 Å². The van der Waals surface area contributed by atoms with Crippen LogP contribution in [0, 0.1) is 0 Å². The predicted molar refractivity (Wildman–Crippen MR) is 62.3 cm³/mol. The summed E-state index contributed by atoms with van der Waals surface area (Å²) < 4.78 is 0. The van der Waals surface area contributed by atoms with E-state index >= 15 is 0 Å². The first-order valence-electron chi connectivity index (χ1n) is 5.46. The van der Waals surface area contributed by atoms with Gasteiger partial charge in [-0.1, -0.05) is 20.8 Å². The fourth-order valence-electron chi connectivity index (χ4n) is 1.11. The normalized spacial score (nSPS) is 10.6. The molecule has 0 rings (SSSR count). The second-order valence-corrected chi connectivity index (χ2v) is 3.53. The Morgan fingerprint density at radius 3 is 1.69 bits per heavy atom. The van der Waals surface area contributed by atoms with Crippen LogP contribution in [0.4, 0.5) is 0 Å². The molecule has 0 heterocycles. The molecule has 0 aromatic carbocycles. The van der Waals surface area contributed by atoms with Gasteiger partial charge in [0.2, 0.25) is 0 Å². The van der Waals surface area contributed by atoms with E-state index in [-0.39, 0.29) is 0 Å². The fourth-order valence-corrected chi connectivity index (χ4v) is 1.11. The lowest BCUT2D eigenvalue weighted by molar-refractivity contribution is 0.209. The first-order chi connectivity index (χ1) is 6.07. The van der Waals surface area contributed by atoms with Crippen LogP contribution in [0.1, 0.15) is 34.6 Å². The Bertz CT molecular complexity index is 90.1. The molecule has 82 valence electrons. The lowest BCUT2D eigenvalue weighted by Gasteiger charge is -2.26. The Morgan fingerprint density at radius 1 is 1.00 bits per heavy atom. The molecule has 0 fully saturated rings. The van der Waals surface area contributed by atoms with Gasteiger partial charge in [0.05, 0.1) is 0 Å². The highest BCUT2D eigenvalue weighted by Gasteiger charge is 2.05. The average molecular weight is 188 g/mol. The van der Waals surface area contributed by atoms with E-state index in [0.717, 1.165) is 13.1 Å². The van der Waals surface area contributed by atoms with Crippen LogP contribution in [0.15, 0.2) is 0 Å². The molecule has 0 N–H and O–H groups in total. The van der Waals surface area contributed by atoms with Crippen LogP contribution in [-0.2, 0) is 0 Å². The molecule has 13 heavy (non-hydrogen) atoms. The van der Waals surface area contributed by atoms with Crippen LogP contribution in [0.3, 0.4) is 0 Å². The highest BCUT2D eigenvalue weighted by atomic mass is 15.2. The summed E-state index contributed by atoms with van der Waals surface area (Å²) in [6, 6.07) is 0.681. The molecule has 0 aliphatic carbocycles. The summed E-state index contributed by atoms with van der Waals surface area (Å²) in [7, 11) is 4.24. The van der Waals surface area contributed by atoms with E-state index in [1.54, 1.807) is 0 Å². The number of hydrogen-bond donors (Lipinski definition) is 0. The molecule has 0 radical (unpaired) electrons. The van der Waals surface area contributed by atoms with E-state index in [1.807, 2.05) is 13.8 Å². The van der Waals surface area contributed by atoms with Crippen molar-refractivity contribution in [2.75, 3.05) is 33.7 Å². The zero-order valence-corrected chi connectivity index (χ0v) is 10.6. The molecule has 0 bridgehead atoms.